The van der Waals surface area contributed by atoms with Crippen molar-refractivity contribution in [1.29, 1.82) is 0 Å². The predicted octanol–water partition coefficient (Wildman–Crippen LogP) is 4.84. The second kappa shape index (κ2) is 10.7. The van der Waals surface area contributed by atoms with Crippen molar-refractivity contribution < 1.29 is 4.74 Å². The molecule has 5 rings (SSSR count). The summed E-state index contributed by atoms with van der Waals surface area (Å²) in [7, 11) is 0. The molecule has 0 radical (unpaired) electrons. The van der Waals surface area contributed by atoms with E-state index in [1.807, 2.05) is 30.5 Å². The van der Waals surface area contributed by atoms with Crippen molar-refractivity contribution in [2.24, 2.45) is 0 Å². The number of aryl methyl sites for hydroxylation is 1. The number of hydrogen-bond donors (Lipinski definition) is 1. The van der Waals surface area contributed by atoms with E-state index in [4.69, 9.17) is 33.5 Å². The Morgan fingerprint density at radius 1 is 1.09 bits per heavy atom. The molecule has 0 unspecified atom stereocenters. The Kier molecular flexibility index (Phi) is 7.39. The van der Waals surface area contributed by atoms with Crippen molar-refractivity contribution in [2.45, 2.75) is 32.4 Å². The molecule has 2 aliphatic heterocycles. The zero-order chi connectivity index (χ0) is 24.4. The maximum Gasteiger partial charge on any atom is 0.170 e. The van der Waals surface area contributed by atoms with Crippen LogP contribution in [0.25, 0.3) is 5.69 Å². The Bertz CT molecular complexity index is 1160. The van der Waals surface area contributed by atoms with Crippen molar-refractivity contribution >= 4 is 28.9 Å². The second-order valence-corrected chi connectivity index (χ2v) is 10.1. The Hall–Kier alpha value is -2.45. The van der Waals surface area contributed by atoms with Gasteiger partial charge in [-0.1, -0.05) is 17.7 Å². The monoisotopic (exact) mass is 509 g/mol. The van der Waals surface area contributed by atoms with Crippen LogP contribution in [0, 0.1) is 13.8 Å². The first kappa shape index (κ1) is 24.3. The van der Waals surface area contributed by atoms with Crippen molar-refractivity contribution in [3.05, 3.63) is 82.4 Å². The number of rotatable bonds is 7. The lowest BCUT2D eigenvalue weighted by molar-refractivity contribution is 0.0365. The topological polar surface area (TPSA) is 45.6 Å². The molecule has 3 aromatic rings. The predicted molar refractivity (Wildman–Crippen MR) is 144 cm³/mol. The molecule has 2 fully saturated rings. The normalized spacial score (nSPS) is 20.9. The van der Waals surface area contributed by atoms with Gasteiger partial charge in [0.15, 0.2) is 5.11 Å². The number of morpholine rings is 1. The maximum atomic E-state index is 6.16. The van der Waals surface area contributed by atoms with Gasteiger partial charge in [-0.2, -0.15) is 0 Å². The molecule has 0 saturated carbocycles. The summed E-state index contributed by atoms with van der Waals surface area (Å²) in [5.41, 5.74) is 5.78. The molecule has 0 aliphatic carbocycles. The fourth-order valence-electron chi connectivity index (χ4n) is 5.35. The summed E-state index contributed by atoms with van der Waals surface area (Å²) >= 11 is 12.0. The third-order valence-corrected chi connectivity index (χ3v) is 7.65. The fraction of sp³-hybridized carbons (Fsp3) is 0.407. The zero-order valence-corrected chi connectivity index (χ0v) is 21.9. The van der Waals surface area contributed by atoms with Gasteiger partial charge in [0.25, 0.3) is 0 Å². The Morgan fingerprint density at radius 3 is 2.57 bits per heavy atom. The van der Waals surface area contributed by atoms with Crippen LogP contribution in [0.1, 0.15) is 41.1 Å². The molecule has 6 nitrogen and oxygen atoms in total. The molecule has 4 heterocycles. The molecule has 1 aromatic carbocycles. The highest BCUT2D eigenvalue weighted by atomic mass is 35.5. The van der Waals surface area contributed by atoms with Gasteiger partial charge in [-0.25, -0.2) is 0 Å². The lowest BCUT2D eigenvalue weighted by atomic mass is 9.96. The van der Waals surface area contributed by atoms with Gasteiger partial charge < -0.3 is 19.5 Å². The molecule has 0 amide bonds. The van der Waals surface area contributed by atoms with Gasteiger partial charge in [0, 0.05) is 54.5 Å². The smallest absolute Gasteiger partial charge is 0.170 e. The van der Waals surface area contributed by atoms with Crippen LogP contribution in [0.2, 0.25) is 5.02 Å². The molecule has 2 aliphatic rings. The summed E-state index contributed by atoms with van der Waals surface area (Å²) in [5, 5.41) is 5.13. The van der Waals surface area contributed by atoms with Crippen LogP contribution in [0.5, 0.6) is 0 Å². The van der Waals surface area contributed by atoms with E-state index < -0.39 is 0 Å². The first-order chi connectivity index (χ1) is 17.0. The average Bonchev–Trinajstić information content (AvgIpc) is 3.36. The zero-order valence-electron chi connectivity index (χ0n) is 20.3. The average molecular weight is 510 g/mol. The van der Waals surface area contributed by atoms with Crippen LogP contribution in [-0.4, -0.2) is 63.9 Å². The molecule has 1 N–H and O–H groups in total. The number of benzene rings is 1. The lowest BCUT2D eigenvalue weighted by Crippen LogP contribution is -2.39. The van der Waals surface area contributed by atoms with Gasteiger partial charge in [-0.05, 0) is 80.5 Å². The number of nitrogens with zero attached hydrogens (tertiary/aromatic N) is 4. The minimum Gasteiger partial charge on any atom is -0.379 e. The summed E-state index contributed by atoms with van der Waals surface area (Å²) in [5.74, 6) is 0. The van der Waals surface area contributed by atoms with Gasteiger partial charge in [0.05, 0.1) is 31.0 Å². The van der Waals surface area contributed by atoms with E-state index in [0.717, 1.165) is 67.3 Å². The molecule has 0 bridgehead atoms. The van der Waals surface area contributed by atoms with E-state index in [-0.39, 0.29) is 12.1 Å². The van der Waals surface area contributed by atoms with E-state index in [1.165, 1.54) is 17.0 Å². The van der Waals surface area contributed by atoms with Crippen LogP contribution >= 0.6 is 23.8 Å². The lowest BCUT2D eigenvalue weighted by Gasteiger charge is -2.30. The highest BCUT2D eigenvalue weighted by Crippen LogP contribution is 2.41. The number of halogens is 1. The summed E-state index contributed by atoms with van der Waals surface area (Å²) in [6, 6.07) is 16.5. The van der Waals surface area contributed by atoms with Gasteiger partial charge in [-0.15, -0.1) is 0 Å². The Balaban J connectivity index is 1.47. The van der Waals surface area contributed by atoms with E-state index in [2.05, 4.69) is 57.8 Å². The Labute approximate surface area is 217 Å². The second-order valence-electron chi connectivity index (χ2n) is 9.27. The van der Waals surface area contributed by atoms with Crippen LogP contribution in [0.15, 0.2) is 54.7 Å². The van der Waals surface area contributed by atoms with Crippen molar-refractivity contribution in [2.75, 3.05) is 39.4 Å². The van der Waals surface area contributed by atoms with E-state index in [0.29, 0.717) is 0 Å². The highest BCUT2D eigenvalue weighted by molar-refractivity contribution is 7.80. The number of thiocarbonyl (C=S) groups is 1. The molecule has 184 valence electrons. The van der Waals surface area contributed by atoms with Gasteiger partial charge >= 0.3 is 0 Å². The van der Waals surface area contributed by atoms with Crippen molar-refractivity contribution in [3.8, 4) is 5.69 Å². The first-order valence-corrected chi connectivity index (χ1v) is 13.0. The Morgan fingerprint density at radius 2 is 1.86 bits per heavy atom. The molecule has 8 heteroatoms. The van der Waals surface area contributed by atoms with Crippen molar-refractivity contribution in [1.82, 2.24) is 24.7 Å². The quantitative estimate of drug-likeness (QED) is 0.460. The number of aromatic nitrogens is 2. The van der Waals surface area contributed by atoms with Crippen LogP contribution in [-0.2, 0) is 4.74 Å². The highest BCUT2D eigenvalue weighted by Gasteiger charge is 2.41. The molecule has 2 atom stereocenters. The molecular formula is C27H32ClN5OS. The number of nitrogens with one attached hydrogen (secondary N) is 1. The molecule has 0 spiro atoms. The first-order valence-electron chi connectivity index (χ1n) is 12.3. The summed E-state index contributed by atoms with van der Waals surface area (Å²) in [6.45, 7) is 9.95. The number of hydrogen-bond acceptors (Lipinski definition) is 4. The van der Waals surface area contributed by atoms with Crippen LogP contribution in [0.4, 0.5) is 0 Å². The molecular weight excluding hydrogens is 478 g/mol. The SMILES string of the molecule is Cc1cc([C@H]2[C@H](c3ccccn3)NC(=S)N2CCCN2CCOCC2)c(C)n1-c1ccc(Cl)cc1. The van der Waals surface area contributed by atoms with E-state index in [1.54, 1.807) is 0 Å². The third-order valence-electron chi connectivity index (χ3n) is 7.05. The van der Waals surface area contributed by atoms with Gasteiger partial charge in [0.2, 0.25) is 0 Å². The van der Waals surface area contributed by atoms with Crippen LogP contribution < -0.4 is 5.32 Å². The van der Waals surface area contributed by atoms with E-state index in [9.17, 15) is 0 Å². The molecule has 2 saturated heterocycles. The van der Waals surface area contributed by atoms with Gasteiger partial charge in [-0.3, -0.25) is 9.88 Å². The summed E-state index contributed by atoms with van der Waals surface area (Å²) in [4.78, 5) is 9.54. The maximum absolute atomic E-state index is 6.16. The summed E-state index contributed by atoms with van der Waals surface area (Å²) in [6.07, 6.45) is 2.90. The largest absolute Gasteiger partial charge is 0.379 e. The molecule has 35 heavy (non-hydrogen) atoms. The van der Waals surface area contributed by atoms with Crippen LogP contribution in [0.3, 0.4) is 0 Å². The standard InChI is InChI=1S/C27H32ClN5OS/c1-19-18-23(20(2)33(19)22-9-7-21(28)8-10-22)26-25(24-6-3-4-11-29-24)30-27(35)32(26)13-5-12-31-14-16-34-17-15-31/h3-4,6-11,18,25-26H,5,12-17H2,1-2H3,(H,30,35)/t25-,26-/m0/s1. The third kappa shape index (κ3) is 5.09. The minimum atomic E-state index is -0.00810. The minimum absolute atomic E-state index is 0.00810. The number of ether oxygens (including phenoxy) is 1. The van der Waals surface area contributed by atoms with Gasteiger partial charge in [0.1, 0.15) is 0 Å². The molecule has 2 aromatic heterocycles. The van der Waals surface area contributed by atoms with Crippen molar-refractivity contribution in [3.63, 3.8) is 0 Å². The number of pyridine rings is 1. The summed E-state index contributed by atoms with van der Waals surface area (Å²) < 4.78 is 7.80. The fourth-order valence-corrected chi connectivity index (χ4v) is 5.81. The van der Waals surface area contributed by atoms with E-state index >= 15 is 0 Å².